The van der Waals surface area contributed by atoms with Gasteiger partial charge in [0.25, 0.3) is 0 Å². The van der Waals surface area contributed by atoms with Crippen LogP contribution in [0.1, 0.15) is 5.69 Å². The molecule has 0 saturated heterocycles. The van der Waals surface area contributed by atoms with Crippen molar-refractivity contribution in [1.29, 1.82) is 0 Å². The first-order valence-corrected chi connectivity index (χ1v) is 3.99. The van der Waals surface area contributed by atoms with Crippen LogP contribution in [0.5, 0.6) is 0 Å². The van der Waals surface area contributed by atoms with Gasteiger partial charge in [0, 0.05) is 6.20 Å². The zero-order valence-electron chi connectivity index (χ0n) is 7.62. The van der Waals surface area contributed by atoms with Crippen molar-refractivity contribution in [2.45, 2.75) is 12.8 Å². The molecule has 7 heteroatoms. The zero-order chi connectivity index (χ0) is 11.3. The Morgan fingerprint density at radius 2 is 2.00 bits per heavy atom. The molecule has 0 aliphatic carbocycles. The van der Waals surface area contributed by atoms with Crippen molar-refractivity contribution in [2.24, 2.45) is 0 Å². The summed E-state index contributed by atoms with van der Waals surface area (Å²) in [5.74, 6) is 0. The average Bonchev–Trinajstić information content (AvgIpc) is 2.14. The molecule has 0 unspecified atom stereocenters. The number of rotatable bonds is 4. The Morgan fingerprint density at radius 3 is 2.53 bits per heavy atom. The third-order valence-electron chi connectivity index (χ3n) is 1.36. The largest absolute Gasteiger partial charge is 0.414 e. The molecule has 2 radical (unpaired) electrons. The van der Waals surface area contributed by atoms with Gasteiger partial charge in [-0.3, -0.25) is 4.98 Å². The highest BCUT2D eigenvalue weighted by atomic mass is 19.4. The van der Waals surface area contributed by atoms with Gasteiger partial charge in [-0.05, 0) is 6.07 Å². The maximum atomic E-state index is 11.6. The number of alkyl halides is 3. The quantitative estimate of drug-likeness (QED) is 0.324. The molecule has 1 rings (SSSR count). The minimum atomic E-state index is -4.39. The SMILES string of the molecule is [B]c1ccc(COOCC(F)(F)F)nc1. The van der Waals surface area contributed by atoms with Crippen molar-refractivity contribution in [3.63, 3.8) is 0 Å². The van der Waals surface area contributed by atoms with Gasteiger partial charge in [0.15, 0.2) is 6.61 Å². The molecule has 3 nitrogen and oxygen atoms in total. The molecule has 0 fully saturated rings. The van der Waals surface area contributed by atoms with Crippen LogP contribution in [-0.4, -0.2) is 25.6 Å². The molecule has 0 aliphatic rings. The number of halogens is 3. The van der Waals surface area contributed by atoms with Crippen LogP contribution in [0.4, 0.5) is 13.2 Å². The number of hydrogen-bond donors (Lipinski definition) is 0. The summed E-state index contributed by atoms with van der Waals surface area (Å²) in [5, 5.41) is 0. The number of aromatic nitrogens is 1. The van der Waals surface area contributed by atoms with Crippen LogP contribution < -0.4 is 5.46 Å². The third-order valence-corrected chi connectivity index (χ3v) is 1.36. The van der Waals surface area contributed by atoms with Gasteiger partial charge in [-0.15, -0.1) is 0 Å². The fourth-order valence-electron chi connectivity index (χ4n) is 0.732. The molecular formula is C8H7BF3NO2. The van der Waals surface area contributed by atoms with Crippen molar-refractivity contribution in [3.05, 3.63) is 24.0 Å². The molecule has 1 aromatic heterocycles. The van der Waals surface area contributed by atoms with Crippen molar-refractivity contribution >= 4 is 13.3 Å². The summed E-state index contributed by atoms with van der Waals surface area (Å²) in [6.07, 6.45) is -3.02. The molecule has 0 bridgehead atoms. The van der Waals surface area contributed by atoms with E-state index in [0.29, 0.717) is 11.2 Å². The minimum Gasteiger partial charge on any atom is -0.259 e. The van der Waals surface area contributed by atoms with Crippen molar-refractivity contribution in [1.82, 2.24) is 4.98 Å². The second-order valence-electron chi connectivity index (χ2n) is 2.72. The monoisotopic (exact) mass is 217 g/mol. The van der Waals surface area contributed by atoms with Gasteiger partial charge in [0.2, 0.25) is 0 Å². The Balaban J connectivity index is 2.23. The Bertz CT molecular complexity index is 302. The molecular weight excluding hydrogens is 210 g/mol. The van der Waals surface area contributed by atoms with Gasteiger partial charge in [-0.2, -0.15) is 13.2 Å². The van der Waals surface area contributed by atoms with Gasteiger partial charge in [0.05, 0.1) is 5.69 Å². The molecule has 0 N–H and O–H groups in total. The molecule has 0 amide bonds. The molecule has 1 aromatic rings. The smallest absolute Gasteiger partial charge is 0.259 e. The van der Waals surface area contributed by atoms with E-state index in [9.17, 15) is 13.2 Å². The van der Waals surface area contributed by atoms with Crippen LogP contribution >= 0.6 is 0 Å². The highest BCUT2D eigenvalue weighted by molar-refractivity contribution is 6.31. The molecule has 0 aromatic carbocycles. The molecule has 15 heavy (non-hydrogen) atoms. The Hall–Kier alpha value is -1.08. The zero-order valence-corrected chi connectivity index (χ0v) is 7.62. The third kappa shape index (κ3) is 5.39. The lowest BCUT2D eigenvalue weighted by Crippen LogP contribution is -2.17. The molecule has 0 aliphatic heterocycles. The number of nitrogens with zero attached hydrogens (tertiary/aromatic N) is 1. The average molecular weight is 217 g/mol. The fourth-order valence-corrected chi connectivity index (χ4v) is 0.732. The van der Waals surface area contributed by atoms with Crippen molar-refractivity contribution < 1.29 is 22.9 Å². The topological polar surface area (TPSA) is 31.4 Å². The van der Waals surface area contributed by atoms with E-state index < -0.39 is 12.8 Å². The number of hydrogen-bond acceptors (Lipinski definition) is 3. The van der Waals surface area contributed by atoms with Crippen LogP contribution in [-0.2, 0) is 16.4 Å². The second-order valence-corrected chi connectivity index (χ2v) is 2.72. The van der Waals surface area contributed by atoms with Crippen LogP contribution in [0.15, 0.2) is 18.3 Å². The first-order valence-electron chi connectivity index (χ1n) is 3.99. The Labute approximate surface area is 85.6 Å². The summed E-state index contributed by atoms with van der Waals surface area (Å²) >= 11 is 0. The van der Waals surface area contributed by atoms with Crippen molar-refractivity contribution in [3.8, 4) is 0 Å². The molecule has 80 valence electrons. The minimum absolute atomic E-state index is 0.156. The Kier molecular flexibility index (Phi) is 4.10. The lowest BCUT2D eigenvalue weighted by atomic mass is 9.99. The van der Waals surface area contributed by atoms with E-state index >= 15 is 0 Å². The predicted octanol–water partition coefficient (Wildman–Crippen LogP) is 0.886. The first-order chi connectivity index (χ1) is 6.97. The van der Waals surface area contributed by atoms with E-state index in [4.69, 9.17) is 7.85 Å². The maximum Gasteiger partial charge on any atom is 0.414 e. The van der Waals surface area contributed by atoms with Gasteiger partial charge < -0.3 is 0 Å². The van der Waals surface area contributed by atoms with E-state index in [1.807, 2.05) is 0 Å². The molecule has 0 spiro atoms. The summed E-state index contributed by atoms with van der Waals surface area (Å²) < 4.78 is 34.8. The molecule has 0 atom stereocenters. The van der Waals surface area contributed by atoms with Crippen LogP contribution in [0.25, 0.3) is 0 Å². The normalized spacial score (nSPS) is 11.7. The number of pyridine rings is 1. The first kappa shape index (κ1) is 12.0. The van der Waals surface area contributed by atoms with Crippen molar-refractivity contribution in [2.75, 3.05) is 6.61 Å². The second kappa shape index (κ2) is 5.13. The summed E-state index contributed by atoms with van der Waals surface area (Å²) in [4.78, 5) is 12.0. The van der Waals surface area contributed by atoms with Crippen LogP contribution in [0.3, 0.4) is 0 Å². The van der Waals surface area contributed by atoms with Gasteiger partial charge >= 0.3 is 6.18 Å². The standard InChI is InChI=1S/C8H7BF3NO2/c9-6-1-2-7(13-3-6)4-14-15-5-8(10,11)12/h1-3H,4-5H2. The van der Waals surface area contributed by atoms with Gasteiger partial charge in [-0.25, -0.2) is 9.78 Å². The highest BCUT2D eigenvalue weighted by Crippen LogP contribution is 2.14. The van der Waals surface area contributed by atoms with E-state index in [1.165, 1.54) is 12.3 Å². The van der Waals surface area contributed by atoms with Crippen LogP contribution in [0, 0.1) is 0 Å². The van der Waals surface area contributed by atoms with Gasteiger partial charge in [0.1, 0.15) is 14.5 Å². The van der Waals surface area contributed by atoms with E-state index in [-0.39, 0.29) is 6.61 Å². The van der Waals surface area contributed by atoms with E-state index in [0.717, 1.165) is 0 Å². The summed E-state index contributed by atoms with van der Waals surface area (Å²) in [5.41, 5.74) is 0.904. The summed E-state index contributed by atoms with van der Waals surface area (Å²) in [6, 6.07) is 3.10. The maximum absolute atomic E-state index is 11.6. The molecule has 0 saturated carbocycles. The lowest BCUT2D eigenvalue weighted by Gasteiger charge is -2.06. The summed E-state index contributed by atoms with van der Waals surface area (Å²) in [6.45, 7) is -1.60. The highest BCUT2D eigenvalue weighted by Gasteiger charge is 2.28. The fraction of sp³-hybridized carbons (Fsp3) is 0.375. The summed E-state index contributed by atoms with van der Waals surface area (Å²) in [7, 11) is 5.36. The van der Waals surface area contributed by atoms with E-state index in [2.05, 4.69) is 14.8 Å². The lowest BCUT2D eigenvalue weighted by molar-refractivity contribution is -0.347. The van der Waals surface area contributed by atoms with Crippen LogP contribution in [0.2, 0.25) is 0 Å². The van der Waals surface area contributed by atoms with E-state index in [1.54, 1.807) is 6.07 Å². The molecule has 1 heterocycles. The predicted molar refractivity (Wildman–Crippen MR) is 46.4 cm³/mol. The Morgan fingerprint density at radius 1 is 1.27 bits per heavy atom. The van der Waals surface area contributed by atoms with Gasteiger partial charge in [-0.1, -0.05) is 11.5 Å².